The molecule has 0 bridgehead atoms. The van der Waals surface area contributed by atoms with Crippen molar-refractivity contribution in [2.75, 3.05) is 25.0 Å². The summed E-state index contributed by atoms with van der Waals surface area (Å²) in [7, 11) is 0. The van der Waals surface area contributed by atoms with Crippen molar-refractivity contribution in [3.05, 3.63) is 93.5 Å². The van der Waals surface area contributed by atoms with Crippen LogP contribution in [0.25, 0.3) is 0 Å². The average Bonchev–Trinajstić information content (AvgIpc) is 2.95. The first kappa shape index (κ1) is 28.2. The summed E-state index contributed by atoms with van der Waals surface area (Å²) in [4.78, 5) is 16.0. The molecule has 5 rings (SSSR count). The predicted octanol–water partition coefficient (Wildman–Crippen LogP) is 5.38. The van der Waals surface area contributed by atoms with E-state index >= 15 is 0 Å². The molecule has 2 aliphatic heterocycles. The van der Waals surface area contributed by atoms with E-state index in [1.807, 2.05) is 6.92 Å². The maximum atomic E-state index is 13.5. The second kappa shape index (κ2) is 12.9. The molecule has 0 spiro atoms. The van der Waals surface area contributed by atoms with Gasteiger partial charge in [0, 0.05) is 18.8 Å². The second-order valence-corrected chi connectivity index (χ2v) is 11.6. The molecular formula is C34H44N4O2. The van der Waals surface area contributed by atoms with Crippen LogP contribution in [-0.4, -0.2) is 41.6 Å². The van der Waals surface area contributed by atoms with Gasteiger partial charge in [0.05, 0.1) is 12.1 Å². The van der Waals surface area contributed by atoms with Gasteiger partial charge in [-0.2, -0.15) is 0 Å². The minimum absolute atomic E-state index is 0.0859. The summed E-state index contributed by atoms with van der Waals surface area (Å²) >= 11 is 0. The van der Waals surface area contributed by atoms with Gasteiger partial charge < -0.3 is 21.5 Å². The molecule has 1 fully saturated rings. The van der Waals surface area contributed by atoms with E-state index in [2.05, 4.69) is 64.9 Å². The number of carbonyl (C=O) groups excluding carboxylic acids is 1. The van der Waals surface area contributed by atoms with Crippen molar-refractivity contribution < 1.29 is 9.90 Å². The fourth-order valence-electron chi connectivity index (χ4n) is 6.42. The fourth-order valence-corrected chi connectivity index (χ4v) is 6.42. The van der Waals surface area contributed by atoms with Gasteiger partial charge in [-0.05, 0) is 110 Å². The van der Waals surface area contributed by atoms with Crippen molar-refractivity contribution >= 4 is 11.6 Å². The Labute approximate surface area is 239 Å². The fraction of sp³-hybridized carbons (Fsp3) is 0.441. The number of nitrogens with one attached hydrogen (secondary N) is 2. The molecule has 212 valence electrons. The third kappa shape index (κ3) is 6.68. The lowest BCUT2D eigenvalue weighted by Crippen LogP contribution is -2.45. The normalized spacial score (nSPS) is 18.0. The van der Waals surface area contributed by atoms with Gasteiger partial charge in [0.2, 0.25) is 5.91 Å². The molecule has 5 N–H and O–H groups in total. The molecular weight excluding hydrogens is 496 g/mol. The number of aromatic hydroxyl groups is 1. The number of fused-ring (bicyclic) bond motifs is 1. The van der Waals surface area contributed by atoms with E-state index in [-0.39, 0.29) is 17.7 Å². The first-order chi connectivity index (χ1) is 19.4. The summed E-state index contributed by atoms with van der Waals surface area (Å²) < 4.78 is 0. The Morgan fingerprint density at radius 1 is 1.07 bits per heavy atom. The molecule has 0 aromatic heterocycles. The van der Waals surface area contributed by atoms with Crippen LogP contribution in [-0.2, 0) is 30.6 Å². The summed E-state index contributed by atoms with van der Waals surface area (Å²) in [5.41, 5.74) is 15.8. The predicted molar refractivity (Wildman–Crippen MR) is 163 cm³/mol. The highest BCUT2D eigenvalue weighted by molar-refractivity contribution is 5.83. The summed E-state index contributed by atoms with van der Waals surface area (Å²) in [6.45, 7) is 8.06. The quantitative estimate of drug-likeness (QED) is 0.293. The lowest BCUT2D eigenvalue weighted by Gasteiger charge is -2.33. The van der Waals surface area contributed by atoms with Gasteiger partial charge in [0.15, 0.2) is 0 Å². The van der Waals surface area contributed by atoms with Crippen molar-refractivity contribution in [1.29, 1.82) is 0 Å². The molecule has 1 saturated heterocycles. The van der Waals surface area contributed by atoms with E-state index in [1.165, 1.54) is 47.2 Å². The summed E-state index contributed by atoms with van der Waals surface area (Å²) in [6.07, 6.45) is 6.76. The molecule has 3 aromatic carbocycles. The van der Waals surface area contributed by atoms with E-state index in [0.29, 0.717) is 6.42 Å². The Kier molecular flexibility index (Phi) is 9.08. The number of piperidine rings is 1. The minimum atomic E-state index is -0.660. The highest BCUT2D eigenvalue weighted by Crippen LogP contribution is 2.36. The summed E-state index contributed by atoms with van der Waals surface area (Å²) in [6, 6.07) is 18.0. The van der Waals surface area contributed by atoms with Crippen molar-refractivity contribution in [2.45, 2.75) is 77.4 Å². The topological polar surface area (TPSA) is 90.6 Å². The van der Waals surface area contributed by atoms with Crippen LogP contribution in [0.3, 0.4) is 0 Å². The van der Waals surface area contributed by atoms with Crippen LogP contribution in [0.4, 0.5) is 5.69 Å². The zero-order valence-electron chi connectivity index (χ0n) is 24.0. The third-order valence-corrected chi connectivity index (χ3v) is 8.52. The number of aryl methyl sites for hydroxylation is 2. The number of phenolic OH excluding ortho intramolecular Hbond substituents is 1. The van der Waals surface area contributed by atoms with E-state index < -0.39 is 6.04 Å². The Morgan fingerprint density at radius 3 is 2.60 bits per heavy atom. The van der Waals surface area contributed by atoms with Gasteiger partial charge >= 0.3 is 0 Å². The van der Waals surface area contributed by atoms with Crippen LogP contribution in [0.2, 0.25) is 0 Å². The molecule has 3 aromatic rings. The first-order valence-electron chi connectivity index (χ1n) is 14.9. The molecule has 0 unspecified atom stereocenters. The van der Waals surface area contributed by atoms with E-state index in [9.17, 15) is 9.90 Å². The SMILES string of the molecule is CCc1cc(O)cc(C)c1C[C@H](N)C(=O)N[C@@H]1CCNc2c(CN3CCCCC3)cc(Cc3ccccc3)cc21. The third-order valence-electron chi connectivity index (χ3n) is 8.52. The Hall–Kier alpha value is -3.35. The van der Waals surface area contributed by atoms with Crippen molar-refractivity contribution in [3.8, 4) is 5.75 Å². The standard InChI is InChI=1S/C34H44N4O2/c1-3-26-20-28(39)16-23(2)29(26)21-31(35)34(40)37-32-12-13-36-33-27(22-38-14-8-5-9-15-38)18-25(19-30(32)33)17-24-10-6-4-7-11-24/h4,6-7,10-11,16,18-20,31-32,36,39H,3,5,8-9,12-15,17,21-22,35H2,1-2H3,(H,37,40)/t31-,32+/m0/s1. The van der Waals surface area contributed by atoms with Crippen molar-refractivity contribution in [2.24, 2.45) is 5.73 Å². The number of carbonyl (C=O) groups is 1. The number of nitrogens with zero attached hydrogens (tertiary/aromatic N) is 1. The van der Waals surface area contributed by atoms with Crippen LogP contribution in [0.5, 0.6) is 5.75 Å². The van der Waals surface area contributed by atoms with Crippen LogP contribution in [0, 0.1) is 6.92 Å². The number of amides is 1. The lowest BCUT2D eigenvalue weighted by atomic mass is 9.89. The molecule has 1 amide bonds. The molecule has 40 heavy (non-hydrogen) atoms. The zero-order valence-corrected chi connectivity index (χ0v) is 24.0. The van der Waals surface area contributed by atoms with Gasteiger partial charge in [-0.25, -0.2) is 0 Å². The van der Waals surface area contributed by atoms with E-state index in [4.69, 9.17) is 5.73 Å². The van der Waals surface area contributed by atoms with Gasteiger partial charge in [-0.1, -0.05) is 55.8 Å². The monoisotopic (exact) mass is 540 g/mol. The summed E-state index contributed by atoms with van der Waals surface area (Å²) in [5, 5.41) is 17.0. The van der Waals surface area contributed by atoms with Gasteiger partial charge in [-0.3, -0.25) is 9.69 Å². The highest BCUT2D eigenvalue weighted by Gasteiger charge is 2.28. The van der Waals surface area contributed by atoms with E-state index in [0.717, 1.165) is 62.1 Å². The van der Waals surface area contributed by atoms with Gasteiger partial charge in [-0.15, -0.1) is 0 Å². The number of rotatable bonds is 9. The van der Waals surface area contributed by atoms with E-state index in [1.54, 1.807) is 12.1 Å². The average molecular weight is 541 g/mol. The number of nitrogens with two attached hydrogens (primary N) is 1. The summed E-state index contributed by atoms with van der Waals surface area (Å²) in [5.74, 6) is 0.132. The maximum Gasteiger partial charge on any atom is 0.237 e. The number of benzene rings is 3. The Morgan fingerprint density at radius 2 is 1.85 bits per heavy atom. The molecule has 2 atom stereocenters. The minimum Gasteiger partial charge on any atom is -0.508 e. The molecule has 0 saturated carbocycles. The van der Waals surface area contributed by atoms with Gasteiger partial charge in [0.1, 0.15) is 5.75 Å². The Bertz CT molecular complexity index is 1320. The molecule has 2 heterocycles. The van der Waals surface area contributed by atoms with Crippen molar-refractivity contribution in [1.82, 2.24) is 10.2 Å². The smallest absolute Gasteiger partial charge is 0.237 e. The van der Waals surface area contributed by atoms with Gasteiger partial charge in [0.25, 0.3) is 0 Å². The van der Waals surface area contributed by atoms with Crippen LogP contribution >= 0.6 is 0 Å². The second-order valence-electron chi connectivity index (χ2n) is 11.6. The van der Waals surface area contributed by atoms with Crippen molar-refractivity contribution in [3.63, 3.8) is 0 Å². The van der Waals surface area contributed by atoms with Crippen LogP contribution < -0.4 is 16.4 Å². The zero-order chi connectivity index (χ0) is 28.1. The lowest BCUT2D eigenvalue weighted by molar-refractivity contribution is -0.123. The van der Waals surface area contributed by atoms with Crippen LogP contribution in [0.15, 0.2) is 54.6 Å². The Balaban J connectivity index is 1.39. The molecule has 0 aliphatic carbocycles. The molecule has 0 radical (unpaired) electrons. The van der Waals surface area contributed by atoms with Crippen LogP contribution in [0.1, 0.15) is 77.6 Å². The number of hydrogen-bond donors (Lipinski definition) is 4. The number of anilines is 1. The molecule has 6 nitrogen and oxygen atoms in total. The largest absolute Gasteiger partial charge is 0.508 e. The highest BCUT2D eigenvalue weighted by atomic mass is 16.3. The number of likely N-dealkylation sites (tertiary alicyclic amines) is 1. The first-order valence-corrected chi connectivity index (χ1v) is 14.9. The molecule has 2 aliphatic rings. The number of hydrogen-bond acceptors (Lipinski definition) is 5. The number of phenols is 1. The maximum absolute atomic E-state index is 13.5. The molecule has 6 heteroatoms.